The van der Waals surface area contributed by atoms with Crippen LogP contribution < -0.4 is 14.9 Å². The van der Waals surface area contributed by atoms with E-state index in [9.17, 15) is 4.79 Å². The summed E-state index contributed by atoms with van der Waals surface area (Å²) >= 11 is 0. The number of ether oxygens (including phenoxy) is 2. The Morgan fingerprint density at radius 1 is 1.50 bits per heavy atom. The van der Waals surface area contributed by atoms with Crippen LogP contribution in [0.1, 0.15) is 18.4 Å². The number of rotatable bonds is 5. The second kappa shape index (κ2) is 6.02. The average Bonchev–Trinajstić information content (AvgIpc) is 2.85. The van der Waals surface area contributed by atoms with Crippen molar-refractivity contribution in [3.05, 3.63) is 23.8 Å². The number of hydrogen-bond donors (Lipinski definition) is 2. The van der Waals surface area contributed by atoms with Gasteiger partial charge in [-0.25, -0.2) is 5.43 Å². The van der Waals surface area contributed by atoms with Crippen molar-refractivity contribution in [3.8, 4) is 11.5 Å². The average molecular weight is 250 g/mol. The number of carbonyl (C=O) groups is 1. The number of carbonyl (C=O) groups excluding carboxylic acids is 1. The quantitative estimate of drug-likeness (QED) is 0.593. The van der Waals surface area contributed by atoms with Crippen LogP contribution in [0.15, 0.2) is 23.3 Å². The highest BCUT2D eigenvalue weighted by Crippen LogP contribution is 2.34. The predicted molar refractivity (Wildman–Crippen MR) is 64.6 cm³/mol. The van der Waals surface area contributed by atoms with Gasteiger partial charge in [0.15, 0.2) is 11.5 Å². The van der Waals surface area contributed by atoms with Gasteiger partial charge in [-0.1, -0.05) is 6.07 Å². The standard InChI is InChI=1S/C12H14N2O4/c15-6-2-5-11(16)14-13-7-9-3-1-4-10-12(9)18-8-17-10/h1,3-4,7,15H,2,5-6,8H2,(H,14,16). The highest BCUT2D eigenvalue weighted by molar-refractivity contribution is 5.86. The number of hydrazone groups is 1. The summed E-state index contributed by atoms with van der Waals surface area (Å²) in [6.45, 7) is 0.192. The summed E-state index contributed by atoms with van der Waals surface area (Å²) in [4.78, 5) is 11.2. The zero-order valence-electron chi connectivity index (χ0n) is 9.76. The Labute approximate surface area is 104 Å². The summed E-state index contributed by atoms with van der Waals surface area (Å²) in [6.07, 6.45) is 2.18. The van der Waals surface area contributed by atoms with Crippen LogP contribution in [0.3, 0.4) is 0 Å². The second-order valence-corrected chi connectivity index (χ2v) is 3.70. The molecule has 2 rings (SSSR count). The van der Waals surface area contributed by atoms with Gasteiger partial charge in [-0.15, -0.1) is 0 Å². The third-order valence-electron chi connectivity index (χ3n) is 2.38. The van der Waals surface area contributed by atoms with Crippen molar-refractivity contribution in [1.82, 2.24) is 5.43 Å². The fourth-order valence-corrected chi connectivity index (χ4v) is 1.52. The number of nitrogens with one attached hydrogen (secondary N) is 1. The van der Waals surface area contributed by atoms with Gasteiger partial charge < -0.3 is 14.6 Å². The molecule has 0 aromatic heterocycles. The van der Waals surface area contributed by atoms with Gasteiger partial charge in [0, 0.05) is 18.6 Å². The van der Waals surface area contributed by atoms with Crippen LogP contribution in [0.25, 0.3) is 0 Å². The van der Waals surface area contributed by atoms with Crippen LogP contribution >= 0.6 is 0 Å². The summed E-state index contributed by atoms with van der Waals surface area (Å²) in [5, 5.41) is 12.4. The van der Waals surface area contributed by atoms with Crippen molar-refractivity contribution in [2.24, 2.45) is 5.10 Å². The maximum absolute atomic E-state index is 11.2. The molecule has 0 fully saturated rings. The minimum absolute atomic E-state index is 0.00545. The van der Waals surface area contributed by atoms with Gasteiger partial charge in [-0.3, -0.25) is 4.79 Å². The molecule has 0 bridgehead atoms. The minimum Gasteiger partial charge on any atom is -0.454 e. The monoisotopic (exact) mass is 250 g/mol. The maximum atomic E-state index is 11.2. The summed E-state index contributed by atoms with van der Waals surface area (Å²) in [7, 11) is 0. The molecule has 2 N–H and O–H groups in total. The molecule has 1 aromatic rings. The largest absolute Gasteiger partial charge is 0.454 e. The lowest BCUT2D eigenvalue weighted by Crippen LogP contribution is -2.17. The number of para-hydroxylation sites is 1. The normalized spacial score (nSPS) is 12.9. The molecule has 1 amide bonds. The van der Waals surface area contributed by atoms with Gasteiger partial charge in [-0.2, -0.15) is 5.10 Å². The topological polar surface area (TPSA) is 80.2 Å². The fraction of sp³-hybridized carbons (Fsp3) is 0.333. The van der Waals surface area contributed by atoms with Gasteiger partial charge in [0.2, 0.25) is 12.7 Å². The summed E-state index contributed by atoms with van der Waals surface area (Å²) in [5.74, 6) is 1.07. The molecule has 0 aliphatic carbocycles. The Hall–Kier alpha value is -2.08. The lowest BCUT2D eigenvalue weighted by Gasteiger charge is -2.00. The Bertz CT molecular complexity index is 459. The molecule has 18 heavy (non-hydrogen) atoms. The zero-order chi connectivity index (χ0) is 12.8. The van der Waals surface area contributed by atoms with Gasteiger partial charge in [0.25, 0.3) is 0 Å². The van der Waals surface area contributed by atoms with E-state index in [1.807, 2.05) is 12.1 Å². The third kappa shape index (κ3) is 2.98. The molecular weight excluding hydrogens is 236 g/mol. The third-order valence-corrected chi connectivity index (χ3v) is 2.38. The number of benzene rings is 1. The van der Waals surface area contributed by atoms with Crippen LogP contribution in [0, 0.1) is 0 Å². The Morgan fingerprint density at radius 2 is 2.39 bits per heavy atom. The smallest absolute Gasteiger partial charge is 0.240 e. The first-order valence-electron chi connectivity index (χ1n) is 5.62. The van der Waals surface area contributed by atoms with Crippen LogP contribution in [0.5, 0.6) is 11.5 Å². The maximum Gasteiger partial charge on any atom is 0.240 e. The zero-order valence-corrected chi connectivity index (χ0v) is 9.76. The lowest BCUT2D eigenvalue weighted by atomic mass is 10.2. The Morgan fingerprint density at radius 3 is 3.22 bits per heavy atom. The van der Waals surface area contributed by atoms with E-state index in [0.717, 1.165) is 5.56 Å². The van der Waals surface area contributed by atoms with Crippen LogP contribution in [-0.2, 0) is 4.79 Å². The summed E-state index contributed by atoms with van der Waals surface area (Å²) in [5.41, 5.74) is 3.12. The molecule has 0 saturated carbocycles. The molecule has 1 aromatic carbocycles. The summed E-state index contributed by atoms with van der Waals surface area (Å²) in [6, 6.07) is 5.44. The van der Waals surface area contributed by atoms with Crippen molar-refractivity contribution in [1.29, 1.82) is 0 Å². The number of amides is 1. The van der Waals surface area contributed by atoms with E-state index in [4.69, 9.17) is 14.6 Å². The molecule has 0 spiro atoms. The first-order valence-corrected chi connectivity index (χ1v) is 5.62. The number of aliphatic hydroxyl groups is 1. The predicted octanol–water partition coefficient (Wildman–Crippen LogP) is 0.638. The first kappa shape index (κ1) is 12.4. The van der Waals surface area contributed by atoms with E-state index >= 15 is 0 Å². The van der Waals surface area contributed by atoms with E-state index in [2.05, 4.69) is 10.5 Å². The van der Waals surface area contributed by atoms with Gasteiger partial charge in [0.1, 0.15) is 0 Å². The highest BCUT2D eigenvalue weighted by atomic mass is 16.7. The van der Waals surface area contributed by atoms with Gasteiger partial charge in [-0.05, 0) is 18.6 Å². The van der Waals surface area contributed by atoms with E-state index in [0.29, 0.717) is 17.9 Å². The van der Waals surface area contributed by atoms with Crippen LogP contribution in [0.2, 0.25) is 0 Å². The minimum atomic E-state index is -0.231. The number of aliphatic hydroxyl groups excluding tert-OH is 1. The molecule has 1 aliphatic heterocycles. The molecule has 0 saturated heterocycles. The highest BCUT2D eigenvalue weighted by Gasteiger charge is 2.15. The molecule has 0 radical (unpaired) electrons. The van der Waals surface area contributed by atoms with Crippen LogP contribution in [0.4, 0.5) is 0 Å². The molecule has 6 nitrogen and oxygen atoms in total. The van der Waals surface area contributed by atoms with Crippen molar-refractivity contribution in [3.63, 3.8) is 0 Å². The van der Waals surface area contributed by atoms with E-state index in [1.54, 1.807) is 6.07 Å². The Balaban J connectivity index is 1.93. The molecule has 1 aliphatic rings. The van der Waals surface area contributed by atoms with Crippen molar-refractivity contribution < 1.29 is 19.4 Å². The first-order chi connectivity index (χ1) is 8.81. The molecule has 1 heterocycles. The molecular formula is C12H14N2O4. The number of hydrogen-bond acceptors (Lipinski definition) is 5. The van der Waals surface area contributed by atoms with Gasteiger partial charge in [0.05, 0.1) is 6.21 Å². The van der Waals surface area contributed by atoms with Crippen molar-refractivity contribution >= 4 is 12.1 Å². The summed E-state index contributed by atoms with van der Waals surface area (Å²) < 4.78 is 10.5. The number of fused-ring (bicyclic) bond motifs is 1. The van der Waals surface area contributed by atoms with E-state index in [1.165, 1.54) is 6.21 Å². The molecule has 0 atom stereocenters. The Kier molecular flexibility index (Phi) is 4.14. The fourth-order valence-electron chi connectivity index (χ4n) is 1.52. The molecule has 6 heteroatoms. The van der Waals surface area contributed by atoms with E-state index < -0.39 is 0 Å². The molecule has 96 valence electrons. The number of nitrogens with zero attached hydrogens (tertiary/aromatic N) is 1. The van der Waals surface area contributed by atoms with Crippen LogP contribution in [-0.4, -0.2) is 30.6 Å². The van der Waals surface area contributed by atoms with E-state index in [-0.39, 0.29) is 25.7 Å². The SMILES string of the molecule is O=C(CCCO)NN=Cc1cccc2c1OCO2. The van der Waals surface area contributed by atoms with Gasteiger partial charge >= 0.3 is 0 Å². The molecule has 0 unspecified atom stereocenters. The second-order valence-electron chi connectivity index (χ2n) is 3.70. The lowest BCUT2D eigenvalue weighted by molar-refractivity contribution is -0.121. The van der Waals surface area contributed by atoms with Crippen molar-refractivity contribution in [2.45, 2.75) is 12.8 Å². The van der Waals surface area contributed by atoms with Crippen molar-refractivity contribution in [2.75, 3.05) is 13.4 Å².